The fraction of sp³-hybridized carbons (Fsp3) is 0.143. The number of unbranched alkanes of at least 4 members (excludes halogenated alkanes) is 2. The number of hydrogen-bond acceptors (Lipinski definition) is 0. The van der Waals surface area contributed by atoms with E-state index in [4.69, 9.17) is 0 Å². The molecule has 8 rings (SSSR count). The molecular formula is C56H56NiP4. The fourth-order valence-electron chi connectivity index (χ4n) is 7.57. The summed E-state index contributed by atoms with van der Waals surface area (Å²) >= 11 is 0. The Labute approximate surface area is 381 Å². The fourth-order valence-corrected chi connectivity index (χ4v) is 17.2. The van der Waals surface area contributed by atoms with Crippen LogP contribution in [0.1, 0.15) is 25.7 Å². The molecule has 0 bridgehead atoms. The molecule has 61 heavy (non-hydrogen) atoms. The average Bonchev–Trinajstić information content (AvgIpc) is 3.34. The van der Waals surface area contributed by atoms with Gasteiger partial charge in [0.2, 0.25) is 0 Å². The Bertz CT molecular complexity index is 1820. The quantitative estimate of drug-likeness (QED) is 0.0457. The van der Waals surface area contributed by atoms with Gasteiger partial charge in [0.15, 0.2) is 0 Å². The molecule has 0 amide bonds. The second-order valence-electron chi connectivity index (χ2n) is 14.7. The van der Waals surface area contributed by atoms with Crippen molar-refractivity contribution in [3.05, 3.63) is 243 Å². The van der Waals surface area contributed by atoms with Crippen molar-refractivity contribution in [1.82, 2.24) is 0 Å². The first-order valence-corrected chi connectivity index (χ1v) is 27.4. The van der Waals surface area contributed by atoms with E-state index in [0.717, 1.165) is 0 Å². The standard InChI is InChI=1S/2C28H28P2.Ni/c2*1-5-15-25(16-6-1)29(26-17-7-2-8-18-26)23-13-14-24-30(27-19-9-3-10-20-27)28-21-11-4-12-22-28;/h2*1-12,15-22H,13-14,23-24H2;. The molecule has 8 aromatic carbocycles. The molecule has 0 N–H and O–H groups in total. The molecule has 0 saturated carbocycles. The molecule has 0 fully saturated rings. The normalized spacial score (nSPS) is 11.0. The van der Waals surface area contributed by atoms with E-state index in [-0.39, 0.29) is 48.2 Å². The molecule has 0 saturated heterocycles. The summed E-state index contributed by atoms with van der Waals surface area (Å²) in [7, 11) is -1.13. The second-order valence-corrected chi connectivity index (χ2v) is 24.0. The van der Waals surface area contributed by atoms with Gasteiger partial charge in [-0.25, -0.2) is 0 Å². The van der Waals surface area contributed by atoms with E-state index >= 15 is 0 Å². The summed E-state index contributed by atoms with van der Waals surface area (Å²) in [4.78, 5) is 0. The predicted molar refractivity (Wildman–Crippen MR) is 274 cm³/mol. The van der Waals surface area contributed by atoms with Gasteiger partial charge in [-0.3, -0.25) is 0 Å². The average molecular weight is 912 g/mol. The molecular weight excluding hydrogens is 855 g/mol. The van der Waals surface area contributed by atoms with Crippen molar-refractivity contribution < 1.29 is 16.5 Å². The third-order valence-electron chi connectivity index (χ3n) is 10.6. The molecule has 0 aromatic heterocycles. The zero-order chi connectivity index (χ0) is 40.9. The molecule has 8 aromatic rings. The maximum atomic E-state index is 2.31. The Morgan fingerprint density at radius 2 is 0.295 bits per heavy atom. The van der Waals surface area contributed by atoms with Crippen LogP contribution in [-0.4, -0.2) is 24.6 Å². The minimum atomic E-state index is -0.283. The summed E-state index contributed by atoms with van der Waals surface area (Å²) in [5.41, 5.74) is 0. The number of benzene rings is 8. The van der Waals surface area contributed by atoms with Gasteiger partial charge in [-0.2, -0.15) is 0 Å². The third kappa shape index (κ3) is 14.5. The molecule has 0 unspecified atom stereocenters. The van der Waals surface area contributed by atoms with Crippen LogP contribution in [0, 0.1) is 0 Å². The molecule has 0 heterocycles. The molecule has 0 nitrogen and oxygen atoms in total. The first-order valence-electron chi connectivity index (χ1n) is 21.3. The number of hydrogen-bond donors (Lipinski definition) is 0. The minimum absolute atomic E-state index is 0. The van der Waals surface area contributed by atoms with Crippen LogP contribution in [0.15, 0.2) is 243 Å². The maximum Gasteiger partial charge on any atom is 0 e. The van der Waals surface area contributed by atoms with Crippen molar-refractivity contribution in [3.63, 3.8) is 0 Å². The van der Waals surface area contributed by atoms with Gasteiger partial charge in [0.1, 0.15) is 0 Å². The molecule has 5 heteroatoms. The summed E-state index contributed by atoms with van der Waals surface area (Å²) in [6.45, 7) is 0. The Morgan fingerprint density at radius 3 is 0.410 bits per heavy atom. The van der Waals surface area contributed by atoms with Gasteiger partial charge in [0.25, 0.3) is 0 Å². The van der Waals surface area contributed by atoms with Crippen LogP contribution in [0.4, 0.5) is 0 Å². The van der Waals surface area contributed by atoms with Crippen LogP contribution in [-0.2, 0) is 16.5 Å². The summed E-state index contributed by atoms with van der Waals surface area (Å²) in [6.07, 6.45) is 10.1. The molecule has 0 atom stereocenters. The summed E-state index contributed by atoms with van der Waals surface area (Å²) in [6, 6.07) is 88.7. The van der Waals surface area contributed by atoms with Crippen molar-refractivity contribution in [1.29, 1.82) is 0 Å². The topological polar surface area (TPSA) is 0 Å². The molecule has 0 aliphatic carbocycles. The van der Waals surface area contributed by atoms with Gasteiger partial charge in [-0.1, -0.05) is 243 Å². The number of rotatable bonds is 18. The minimum Gasteiger partial charge on any atom is -0.0622 e. The summed E-state index contributed by atoms with van der Waals surface area (Å²) in [5.74, 6) is 0. The smallest absolute Gasteiger partial charge is 0 e. The van der Waals surface area contributed by atoms with Gasteiger partial charge in [-0.15, -0.1) is 0 Å². The second kappa shape index (κ2) is 26.4. The van der Waals surface area contributed by atoms with Gasteiger partial charge < -0.3 is 0 Å². The van der Waals surface area contributed by atoms with Crippen molar-refractivity contribution in [2.75, 3.05) is 24.6 Å². The zero-order valence-corrected chi connectivity index (χ0v) is 39.4. The van der Waals surface area contributed by atoms with Crippen molar-refractivity contribution in [2.45, 2.75) is 25.7 Å². The maximum absolute atomic E-state index is 2.31. The Hall–Kier alpha value is -4.03. The predicted octanol–water partition coefficient (Wildman–Crippen LogP) is 12.1. The van der Waals surface area contributed by atoms with Gasteiger partial charge in [-0.05, 0) is 124 Å². The Morgan fingerprint density at radius 1 is 0.180 bits per heavy atom. The molecule has 0 aliphatic rings. The van der Waals surface area contributed by atoms with Crippen molar-refractivity contribution in [3.8, 4) is 0 Å². The molecule has 310 valence electrons. The van der Waals surface area contributed by atoms with Gasteiger partial charge >= 0.3 is 0 Å². The van der Waals surface area contributed by atoms with Crippen LogP contribution in [0.25, 0.3) is 0 Å². The van der Waals surface area contributed by atoms with E-state index in [1.165, 1.54) is 92.8 Å². The Kier molecular flexibility index (Phi) is 20.2. The summed E-state index contributed by atoms with van der Waals surface area (Å²) in [5, 5.41) is 11.9. The largest absolute Gasteiger partial charge is 0.0622 e. The van der Waals surface area contributed by atoms with E-state index in [1.54, 1.807) is 0 Å². The molecule has 0 spiro atoms. The van der Waals surface area contributed by atoms with Crippen LogP contribution in [0.5, 0.6) is 0 Å². The van der Waals surface area contributed by atoms with E-state index in [2.05, 4.69) is 243 Å². The van der Waals surface area contributed by atoms with Gasteiger partial charge in [0, 0.05) is 16.5 Å². The van der Waals surface area contributed by atoms with E-state index in [1.807, 2.05) is 0 Å². The molecule has 0 aliphatic heterocycles. The van der Waals surface area contributed by atoms with E-state index in [0.29, 0.717) is 0 Å². The van der Waals surface area contributed by atoms with Crippen LogP contribution >= 0.6 is 31.7 Å². The van der Waals surface area contributed by atoms with Gasteiger partial charge in [0.05, 0.1) is 0 Å². The SMILES string of the molecule is [Ni].c1ccc(P(CCCCP(c2ccccc2)c2ccccc2)c2ccccc2)cc1.c1ccc(P(CCCCP(c2ccccc2)c2ccccc2)c2ccccc2)cc1. The van der Waals surface area contributed by atoms with E-state index < -0.39 is 0 Å². The van der Waals surface area contributed by atoms with Crippen LogP contribution in [0.3, 0.4) is 0 Å². The van der Waals surface area contributed by atoms with E-state index in [9.17, 15) is 0 Å². The van der Waals surface area contributed by atoms with Crippen molar-refractivity contribution >= 4 is 74.1 Å². The Balaban J connectivity index is 0.000000201. The monoisotopic (exact) mass is 910 g/mol. The first kappa shape index (κ1) is 46.5. The van der Waals surface area contributed by atoms with Crippen LogP contribution in [0.2, 0.25) is 0 Å². The zero-order valence-electron chi connectivity index (χ0n) is 34.9. The molecule has 0 radical (unpaired) electrons. The van der Waals surface area contributed by atoms with Crippen molar-refractivity contribution in [2.24, 2.45) is 0 Å². The first-order chi connectivity index (χ1) is 29.8. The third-order valence-corrected chi connectivity index (χ3v) is 21.0. The summed E-state index contributed by atoms with van der Waals surface area (Å²) < 4.78 is 0. The van der Waals surface area contributed by atoms with Crippen LogP contribution < -0.4 is 42.4 Å².